The summed E-state index contributed by atoms with van der Waals surface area (Å²) in [4.78, 5) is 34.6. The fraction of sp³-hybridized carbons (Fsp3) is 0.208. The molecule has 3 aromatic carbocycles. The summed E-state index contributed by atoms with van der Waals surface area (Å²) in [6.07, 6.45) is 2.65. The number of H-pyrrole nitrogens is 1. The first-order chi connectivity index (χ1) is 14.2. The minimum atomic E-state index is -0.426. The predicted molar refractivity (Wildman–Crippen MR) is 114 cm³/mol. The third-order valence-corrected chi connectivity index (χ3v) is 5.73. The van der Waals surface area contributed by atoms with E-state index in [0.29, 0.717) is 17.6 Å². The number of para-hydroxylation sites is 2. The number of likely N-dealkylation sites (tertiary alicyclic amines) is 1. The Morgan fingerprint density at radius 1 is 1.03 bits per heavy atom. The monoisotopic (exact) mass is 383 g/mol. The Morgan fingerprint density at radius 3 is 2.72 bits per heavy atom. The molecular formula is C24H21N3O2. The smallest absolute Gasteiger partial charge is 0.280 e. The molecule has 5 rings (SSSR count). The molecule has 1 aliphatic rings. The Bertz CT molecular complexity index is 1280. The molecule has 4 aromatic rings. The molecule has 1 amide bonds. The van der Waals surface area contributed by atoms with Gasteiger partial charge in [-0.1, -0.05) is 54.6 Å². The number of benzene rings is 3. The van der Waals surface area contributed by atoms with Crippen LogP contribution in [0.2, 0.25) is 0 Å². The van der Waals surface area contributed by atoms with E-state index in [-0.39, 0.29) is 17.6 Å². The first-order valence-corrected chi connectivity index (χ1v) is 9.97. The Morgan fingerprint density at radius 2 is 1.83 bits per heavy atom. The number of carbonyl (C=O) groups excluding carboxylic acids is 1. The highest BCUT2D eigenvalue weighted by Crippen LogP contribution is 2.24. The molecule has 1 fully saturated rings. The van der Waals surface area contributed by atoms with Crippen LogP contribution >= 0.6 is 0 Å². The largest absolute Gasteiger partial charge is 0.334 e. The Hall–Kier alpha value is -3.47. The van der Waals surface area contributed by atoms with Crippen molar-refractivity contribution >= 4 is 27.7 Å². The van der Waals surface area contributed by atoms with Gasteiger partial charge in [0, 0.05) is 12.6 Å². The van der Waals surface area contributed by atoms with Crippen LogP contribution in [0.15, 0.2) is 71.5 Å². The Labute approximate surface area is 168 Å². The van der Waals surface area contributed by atoms with E-state index < -0.39 is 5.56 Å². The number of carbonyl (C=O) groups is 1. The number of fused-ring (bicyclic) bond motifs is 2. The van der Waals surface area contributed by atoms with Gasteiger partial charge in [0.1, 0.15) is 0 Å². The van der Waals surface area contributed by atoms with E-state index in [9.17, 15) is 9.59 Å². The maximum atomic E-state index is 13.2. The lowest BCUT2D eigenvalue weighted by Crippen LogP contribution is -2.40. The van der Waals surface area contributed by atoms with Crippen LogP contribution in [0.1, 0.15) is 28.9 Å². The summed E-state index contributed by atoms with van der Waals surface area (Å²) in [5.74, 6) is -0.278. The van der Waals surface area contributed by atoms with Gasteiger partial charge in [-0.2, -0.15) is 0 Å². The second-order valence-corrected chi connectivity index (χ2v) is 7.61. The van der Waals surface area contributed by atoms with E-state index in [4.69, 9.17) is 0 Å². The summed E-state index contributed by atoms with van der Waals surface area (Å²) >= 11 is 0. The molecule has 0 saturated carbocycles. The SMILES string of the molecule is O=C(c1nc2ccccc2[nH]c1=O)N1CCCC1Cc1ccc2ccccc2c1. The highest BCUT2D eigenvalue weighted by molar-refractivity contribution is 5.94. The lowest BCUT2D eigenvalue weighted by Gasteiger charge is -2.24. The number of nitrogens with zero attached hydrogens (tertiary/aromatic N) is 2. The molecule has 5 nitrogen and oxygen atoms in total. The highest BCUT2D eigenvalue weighted by Gasteiger charge is 2.31. The molecule has 2 heterocycles. The molecule has 1 N–H and O–H groups in total. The van der Waals surface area contributed by atoms with E-state index in [1.807, 2.05) is 29.2 Å². The quantitative estimate of drug-likeness (QED) is 0.583. The number of rotatable bonds is 3. The standard InChI is InChI=1S/C24H21N3O2/c28-23-22(25-20-9-3-4-10-21(20)26-23)24(29)27-13-5-8-19(27)15-16-11-12-17-6-1-2-7-18(17)14-16/h1-4,6-7,9-12,14,19H,5,8,13,15H2,(H,26,28). The molecule has 0 radical (unpaired) electrons. The molecule has 0 aliphatic carbocycles. The number of nitrogens with one attached hydrogen (secondary N) is 1. The topological polar surface area (TPSA) is 66.1 Å². The lowest BCUT2D eigenvalue weighted by molar-refractivity contribution is 0.0729. The van der Waals surface area contributed by atoms with Crippen molar-refractivity contribution in [2.75, 3.05) is 6.54 Å². The molecular weight excluding hydrogens is 362 g/mol. The van der Waals surface area contributed by atoms with Crippen LogP contribution in [0.4, 0.5) is 0 Å². The zero-order valence-corrected chi connectivity index (χ0v) is 16.0. The Kier molecular flexibility index (Phi) is 4.35. The summed E-state index contributed by atoms with van der Waals surface area (Å²) in [6, 6.07) is 22.1. The Balaban J connectivity index is 1.43. The average Bonchev–Trinajstić information content (AvgIpc) is 3.20. The normalized spacial score (nSPS) is 16.6. The zero-order valence-electron chi connectivity index (χ0n) is 16.0. The summed E-state index contributed by atoms with van der Waals surface area (Å²) in [7, 11) is 0. The number of amides is 1. The van der Waals surface area contributed by atoms with E-state index in [1.54, 1.807) is 12.1 Å². The minimum Gasteiger partial charge on any atom is -0.334 e. The number of aromatic nitrogens is 2. The average molecular weight is 383 g/mol. The van der Waals surface area contributed by atoms with Gasteiger partial charge in [-0.15, -0.1) is 0 Å². The van der Waals surface area contributed by atoms with E-state index in [1.165, 1.54) is 16.3 Å². The zero-order chi connectivity index (χ0) is 19.8. The summed E-state index contributed by atoms with van der Waals surface area (Å²) in [6.45, 7) is 0.658. The third kappa shape index (κ3) is 3.29. The molecule has 1 aromatic heterocycles. The van der Waals surface area contributed by atoms with Crippen molar-refractivity contribution in [2.45, 2.75) is 25.3 Å². The van der Waals surface area contributed by atoms with Gasteiger partial charge in [0.15, 0.2) is 5.69 Å². The van der Waals surface area contributed by atoms with Gasteiger partial charge in [-0.3, -0.25) is 9.59 Å². The molecule has 1 saturated heterocycles. The summed E-state index contributed by atoms with van der Waals surface area (Å²) in [5, 5.41) is 2.41. The highest BCUT2D eigenvalue weighted by atomic mass is 16.2. The molecule has 1 unspecified atom stereocenters. The number of hydrogen-bond acceptors (Lipinski definition) is 3. The second kappa shape index (κ2) is 7.17. The van der Waals surface area contributed by atoms with E-state index >= 15 is 0 Å². The fourth-order valence-corrected chi connectivity index (χ4v) is 4.26. The molecule has 0 spiro atoms. The number of hydrogen-bond donors (Lipinski definition) is 1. The first kappa shape index (κ1) is 17.6. The van der Waals surface area contributed by atoms with Gasteiger partial charge < -0.3 is 9.88 Å². The van der Waals surface area contributed by atoms with Crippen molar-refractivity contribution in [2.24, 2.45) is 0 Å². The second-order valence-electron chi connectivity index (χ2n) is 7.61. The van der Waals surface area contributed by atoms with Crippen LogP contribution in [0.3, 0.4) is 0 Å². The van der Waals surface area contributed by atoms with Crippen molar-refractivity contribution in [3.05, 3.63) is 88.3 Å². The van der Waals surface area contributed by atoms with Crippen LogP contribution < -0.4 is 5.56 Å². The van der Waals surface area contributed by atoms with Gasteiger partial charge in [-0.05, 0) is 47.7 Å². The summed E-state index contributed by atoms with van der Waals surface area (Å²) in [5.41, 5.74) is 2.02. The summed E-state index contributed by atoms with van der Waals surface area (Å²) < 4.78 is 0. The third-order valence-electron chi connectivity index (χ3n) is 5.73. The maximum Gasteiger partial charge on any atom is 0.280 e. The number of aromatic amines is 1. The lowest BCUT2D eigenvalue weighted by atomic mass is 10.0. The van der Waals surface area contributed by atoms with Gasteiger partial charge in [0.2, 0.25) is 0 Å². The fourth-order valence-electron chi connectivity index (χ4n) is 4.26. The van der Waals surface area contributed by atoms with Gasteiger partial charge >= 0.3 is 0 Å². The molecule has 29 heavy (non-hydrogen) atoms. The van der Waals surface area contributed by atoms with Gasteiger partial charge in [0.25, 0.3) is 11.5 Å². The van der Waals surface area contributed by atoms with Crippen LogP contribution in [-0.4, -0.2) is 33.4 Å². The molecule has 0 bridgehead atoms. The minimum absolute atomic E-state index is 0.0193. The van der Waals surface area contributed by atoms with Crippen LogP contribution in [-0.2, 0) is 6.42 Å². The van der Waals surface area contributed by atoms with Crippen molar-refractivity contribution in [3.63, 3.8) is 0 Å². The van der Waals surface area contributed by atoms with Gasteiger partial charge in [-0.25, -0.2) is 4.98 Å². The van der Waals surface area contributed by atoms with Crippen molar-refractivity contribution < 1.29 is 4.79 Å². The molecule has 5 heteroatoms. The predicted octanol–water partition coefficient (Wildman–Crippen LogP) is 3.92. The van der Waals surface area contributed by atoms with Crippen LogP contribution in [0.25, 0.3) is 21.8 Å². The first-order valence-electron chi connectivity index (χ1n) is 9.97. The van der Waals surface area contributed by atoms with Crippen LogP contribution in [0.5, 0.6) is 0 Å². The van der Waals surface area contributed by atoms with Crippen molar-refractivity contribution in [1.29, 1.82) is 0 Å². The molecule has 1 atom stereocenters. The molecule has 1 aliphatic heterocycles. The molecule has 144 valence electrons. The van der Waals surface area contributed by atoms with E-state index in [2.05, 4.69) is 40.3 Å². The maximum absolute atomic E-state index is 13.2. The van der Waals surface area contributed by atoms with Gasteiger partial charge in [0.05, 0.1) is 11.0 Å². The van der Waals surface area contributed by atoms with Crippen LogP contribution in [0, 0.1) is 0 Å². The van der Waals surface area contributed by atoms with Crippen molar-refractivity contribution in [3.8, 4) is 0 Å². The van der Waals surface area contributed by atoms with E-state index in [0.717, 1.165) is 19.3 Å². The van der Waals surface area contributed by atoms with Crippen molar-refractivity contribution in [1.82, 2.24) is 14.9 Å².